The first-order valence-electron chi connectivity index (χ1n) is 4.13. The maximum absolute atomic E-state index is 13.0. The summed E-state index contributed by atoms with van der Waals surface area (Å²) in [5.41, 5.74) is -0.179. The van der Waals surface area contributed by atoms with Crippen molar-refractivity contribution in [1.29, 1.82) is 0 Å². The van der Waals surface area contributed by atoms with Crippen LogP contribution in [0.5, 0.6) is 0 Å². The van der Waals surface area contributed by atoms with Crippen LogP contribution in [-0.2, 0) is 11.2 Å². The fraction of sp³-hybridized carbons (Fsp3) is 0.300. The molecule has 0 N–H and O–H groups in total. The molecule has 0 spiro atoms. The summed E-state index contributed by atoms with van der Waals surface area (Å²) in [4.78, 5) is 9.85. The second-order valence-electron chi connectivity index (χ2n) is 2.85. The third kappa shape index (κ3) is 2.58. The fourth-order valence-corrected chi connectivity index (χ4v) is 1.15. The topological polar surface area (TPSA) is 17.1 Å². The standard InChI is InChI=1S/C10H8F3O/c11-7-5-9(12)8(10(13)6-7)3-1-2-4-14/h5-6H,1-3H2. The number of rotatable bonds is 4. The third-order valence-electron chi connectivity index (χ3n) is 1.81. The molecule has 0 aliphatic carbocycles. The first-order chi connectivity index (χ1) is 6.65. The van der Waals surface area contributed by atoms with Gasteiger partial charge in [-0.25, -0.2) is 13.2 Å². The van der Waals surface area contributed by atoms with E-state index in [0.29, 0.717) is 18.6 Å². The SMILES string of the molecule is O=[C]CCCc1c(F)cc(F)cc1F. The Labute approximate surface area is 79.5 Å². The molecule has 1 rings (SSSR count). The van der Waals surface area contributed by atoms with Crippen molar-refractivity contribution in [3.8, 4) is 0 Å². The summed E-state index contributed by atoms with van der Waals surface area (Å²) < 4.78 is 38.4. The normalized spacial score (nSPS) is 10.2. The van der Waals surface area contributed by atoms with Gasteiger partial charge in [-0.3, -0.25) is 4.79 Å². The van der Waals surface area contributed by atoms with Crippen molar-refractivity contribution in [3.63, 3.8) is 0 Å². The zero-order valence-electron chi connectivity index (χ0n) is 7.32. The van der Waals surface area contributed by atoms with E-state index in [4.69, 9.17) is 0 Å². The van der Waals surface area contributed by atoms with Crippen LogP contribution in [0.1, 0.15) is 18.4 Å². The quantitative estimate of drug-likeness (QED) is 0.684. The summed E-state index contributed by atoms with van der Waals surface area (Å²) >= 11 is 0. The maximum Gasteiger partial charge on any atom is 0.198 e. The summed E-state index contributed by atoms with van der Waals surface area (Å²) in [5.74, 6) is -2.76. The highest BCUT2D eigenvalue weighted by Gasteiger charge is 2.10. The highest BCUT2D eigenvalue weighted by atomic mass is 19.1. The van der Waals surface area contributed by atoms with Crippen LogP contribution in [0.4, 0.5) is 13.2 Å². The molecule has 1 aromatic rings. The molecule has 14 heavy (non-hydrogen) atoms. The Bertz CT molecular complexity index is 313. The molecule has 0 atom stereocenters. The van der Waals surface area contributed by atoms with Crippen molar-refractivity contribution in [2.24, 2.45) is 0 Å². The molecular formula is C10H8F3O. The zero-order valence-corrected chi connectivity index (χ0v) is 7.32. The summed E-state index contributed by atoms with van der Waals surface area (Å²) in [5, 5.41) is 0. The minimum atomic E-state index is -0.939. The lowest BCUT2D eigenvalue weighted by atomic mass is 10.1. The van der Waals surface area contributed by atoms with Gasteiger partial charge < -0.3 is 0 Å². The third-order valence-corrected chi connectivity index (χ3v) is 1.81. The molecule has 75 valence electrons. The molecule has 0 unspecified atom stereocenters. The molecule has 1 nitrogen and oxygen atoms in total. The van der Waals surface area contributed by atoms with E-state index < -0.39 is 17.5 Å². The van der Waals surface area contributed by atoms with Gasteiger partial charge >= 0.3 is 0 Å². The number of halogens is 3. The lowest BCUT2D eigenvalue weighted by Crippen LogP contribution is -1.97. The Kier molecular flexibility index (Phi) is 3.68. The van der Waals surface area contributed by atoms with E-state index >= 15 is 0 Å². The first kappa shape index (κ1) is 10.8. The Morgan fingerprint density at radius 2 is 1.71 bits per heavy atom. The predicted octanol–water partition coefficient (Wildman–Crippen LogP) is 2.54. The highest BCUT2D eigenvalue weighted by molar-refractivity contribution is 5.50. The summed E-state index contributed by atoms with van der Waals surface area (Å²) in [6.07, 6.45) is 2.13. The monoisotopic (exact) mass is 201 g/mol. The van der Waals surface area contributed by atoms with Crippen LogP contribution in [0.15, 0.2) is 12.1 Å². The van der Waals surface area contributed by atoms with Gasteiger partial charge in [0.2, 0.25) is 0 Å². The van der Waals surface area contributed by atoms with E-state index in [1.807, 2.05) is 0 Å². The molecule has 0 bridgehead atoms. The lowest BCUT2D eigenvalue weighted by molar-refractivity contribution is 0.517. The predicted molar refractivity (Wildman–Crippen MR) is 44.9 cm³/mol. The minimum absolute atomic E-state index is 0.0766. The molecule has 1 radical (unpaired) electrons. The second-order valence-corrected chi connectivity index (χ2v) is 2.85. The highest BCUT2D eigenvalue weighted by Crippen LogP contribution is 2.16. The van der Waals surface area contributed by atoms with Gasteiger partial charge in [-0.1, -0.05) is 0 Å². The van der Waals surface area contributed by atoms with Crippen LogP contribution in [0.2, 0.25) is 0 Å². The van der Waals surface area contributed by atoms with Gasteiger partial charge in [0.15, 0.2) is 6.29 Å². The fourth-order valence-electron chi connectivity index (χ4n) is 1.15. The summed E-state index contributed by atoms with van der Waals surface area (Å²) in [6, 6.07) is 1.26. The smallest absolute Gasteiger partial charge is 0.198 e. The average molecular weight is 201 g/mol. The van der Waals surface area contributed by atoms with E-state index in [1.54, 1.807) is 6.29 Å². The molecule has 0 aliphatic rings. The molecule has 0 heterocycles. The van der Waals surface area contributed by atoms with E-state index in [2.05, 4.69) is 0 Å². The first-order valence-corrected chi connectivity index (χ1v) is 4.13. The van der Waals surface area contributed by atoms with Crippen LogP contribution in [-0.4, -0.2) is 6.29 Å². The van der Waals surface area contributed by atoms with Crippen molar-refractivity contribution in [3.05, 3.63) is 35.1 Å². The molecule has 0 aromatic heterocycles. The molecule has 0 saturated carbocycles. The van der Waals surface area contributed by atoms with Gasteiger partial charge in [0.1, 0.15) is 17.5 Å². The Morgan fingerprint density at radius 1 is 1.14 bits per heavy atom. The van der Waals surface area contributed by atoms with Crippen LogP contribution >= 0.6 is 0 Å². The van der Waals surface area contributed by atoms with Gasteiger partial charge in [0.25, 0.3) is 0 Å². The van der Waals surface area contributed by atoms with Crippen LogP contribution in [0.3, 0.4) is 0 Å². The minimum Gasteiger partial charge on any atom is -0.291 e. The van der Waals surface area contributed by atoms with E-state index in [0.717, 1.165) is 0 Å². The number of hydrogen-bond donors (Lipinski definition) is 0. The molecule has 0 fully saturated rings. The molecular weight excluding hydrogens is 193 g/mol. The van der Waals surface area contributed by atoms with E-state index in [1.165, 1.54) is 0 Å². The summed E-state index contributed by atoms with van der Waals surface area (Å²) in [7, 11) is 0. The van der Waals surface area contributed by atoms with Gasteiger partial charge in [-0.2, -0.15) is 0 Å². The van der Waals surface area contributed by atoms with Crippen molar-refractivity contribution >= 4 is 6.29 Å². The van der Waals surface area contributed by atoms with Crippen LogP contribution in [0, 0.1) is 17.5 Å². The number of carbonyl (C=O) groups excluding carboxylic acids is 1. The number of hydrogen-bond acceptors (Lipinski definition) is 1. The second kappa shape index (κ2) is 4.79. The largest absolute Gasteiger partial charge is 0.291 e. The van der Waals surface area contributed by atoms with Crippen molar-refractivity contribution < 1.29 is 18.0 Å². The van der Waals surface area contributed by atoms with Gasteiger partial charge in [-0.05, 0) is 12.8 Å². The van der Waals surface area contributed by atoms with Crippen molar-refractivity contribution in [2.45, 2.75) is 19.3 Å². The number of benzene rings is 1. The van der Waals surface area contributed by atoms with Gasteiger partial charge in [0, 0.05) is 24.1 Å². The zero-order chi connectivity index (χ0) is 10.6. The van der Waals surface area contributed by atoms with Crippen molar-refractivity contribution in [2.75, 3.05) is 0 Å². The molecule has 0 amide bonds. The molecule has 0 aliphatic heterocycles. The maximum atomic E-state index is 13.0. The molecule has 1 aromatic carbocycles. The van der Waals surface area contributed by atoms with E-state index in [-0.39, 0.29) is 18.4 Å². The Morgan fingerprint density at radius 3 is 2.21 bits per heavy atom. The van der Waals surface area contributed by atoms with Gasteiger partial charge in [0.05, 0.1) is 0 Å². The molecule has 0 saturated heterocycles. The summed E-state index contributed by atoms with van der Waals surface area (Å²) in [6.45, 7) is 0. The van der Waals surface area contributed by atoms with Crippen LogP contribution < -0.4 is 0 Å². The number of unbranched alkanes of at least 4 members (excludes halogenated alkanes) is 1. The Hall–Kier alpha value is -1.32. The van der Waals surface area contributed by atoms with Crippen LogP contribution in [0.25, 0.3) is 0 Å². The van der Waals surface area contributed by atoms with Gasteiger partial charge in [-0.15, -0.1) is 0 Å². The van der Waals surface area contributed by atoms with Crippen molar-refractivity contribution in [1.82, 2.24) is 0 Å². The Balaban J connectivity index is 2.80. The molecule has 4 heteroatoms. The average Bonchev–Trinajstić information content (AvgIpc) is 2.09. The van der Waals surface area contributed by atoms with E-state index in [9.17, 15) is 18.0 Å². The lowest BCUT2D eigenvalue weighted by Gasteiger charge is -2.03.